The maximum atomic E-state index is 10.5. The molecule has 0 spiro atoms. The molecule has 1 heterocycles. The van der Waals surface area contributed by atoms with Crippen molar-refractivity contribution in [3.05, 3.63) is 35.9 Å². The van der Waals surface area contributed by atoms with Gasteiger partial charge in [-0.05, 0) is 36.3 Å². The van der Waals surface area contributed by atoms with Crippen LogP contribution in [0.5, 0.6) is 0 Å². The lowest BCUT2D eigenvalue weighted by molar-refractivity contribution is 0.0261. The third kappa shape index (κ3) is 5.09. The molecule has 0 bridgehead atoms. The number of methoxy groups -OCH3 is 1. The van der Waals surface area contributed by atoms with Crippen LogP contribution in [0.25, 0.3) is 0 Å². The molecule has 1 aliphatic heterocycles. The van der Waals surface area contributed by atoms with Gasteiger partial charge >= 0.3 is 0 Å². The third-order valence-corrected chi connectivity index (χ3v) is 4.82. The molecule has 3 nitrogen and oxygen atoms in total. The van der Waals surface area contributed by atoms with Crippen LogP contribution < -0.4 is 5.32 Å². The number of thioether (sulfide) groups is 1. The van der Waals surface area contributed by atoms with Crippen molar-refractivity contribution in [1.82, 2.24) is 5.32 Å². The van der Waals surface area contributed by atoms with Gasteiger partial charge in [0.25, 0.3) is 0 Å². The van der Waals surface area contributed by atoms with E-state index >= 15 is 0 Å². The van der Waals surface area contributed by atoms with Gasteiger partial charge in [0.1, 0.15) is 0 Å². The molecule has 0 radical (unpaired) electrons. The minimum Gasteiger partial charge on any atom is -0.389 e. The minimum absolute atomic E-state index is 0.251. The van der Waals surface area contributed by atoms with Crippen LogP contribution >= 0.6 is 11.8 Å². The smallest absolute Gasteiger partial charge is 0.0787 e. The first kappa shape index (κ1) is 15.8. The maximum Gasteiger partial charge on any atom is 0.0787 e. The highest BCUT2D eigenvalue weighted by molar-refractivity contribution is 7.99. The molecular formula is C16H25NO2S. The lowest BCUT2D eigenvalue weighted by Crippen LogP contribution is -2.48. The van der Waals surface area contributed by atoms with Gasteiger partial charge in [0, 0.05) is 19.7 Å². The van der Waals surface area contributed by atoms with Crippen molar-refractivity contribution >= 4 is 11.8 Å². The minimum atomic E-state index is -0.534. The molecule has 20 heavy (non-hydrogen) atoms. The van der Waals surface area contributed by atoms with E-state index in [1.807, 2.05) is 17.8 Å². The molecular weight excluding hydrogens is 270 g/mol. The molecule has 1 fully saturated rings. The fourth-order valence-corrected chi connectivity index (χ4v) is 3.80. The molecule has 0 saturated carbocycles. The number of aliphatic hydroxyl groups is 1. The van der Waals surface area contributed by atoms with E-state index in [0.29, 0.717) is 13.2 Å². The summed E-state index contributed by atoms with van der Waals surface area (Å²) in [7, 11) is 1.73. The molecule has 1 unspecified atom stereocenters. The molecule has 2 N–H and O–H groups in total. The van der Waals surface area contributed by atoms with Crippen molar-refractivity contribution in [3.63, 3.8) is 0 Å². The monoisotopic (exact) mass is 295 g/mol. The van der Waals surface area contributed by atoms with Gasteiger partial charge in [-0.3, -0.25) is 0 Å². The van der Waals surface area contributed by atoms with Crippen LogP contribution in [0.4, 0.5) is 0 Å². The summed E-state index contributed by atoms with van der Waals surface area (Å²) >= 11 is 1.93. The van der Waals surface area contributed by atoms with Gasteiger partial charge in [-0.2, -0.15) is 11.8 Å². The van der Waals surface area contributed by atoms with E-state index in [1.54, 1.807) is 7.11 Å². The predicted molar refractivity (Wildman–Crippen MR) is 85.3 cm³/mol. The Labute approximate surface area is 126 Å². The number of ether oxygens (including phenoxy) is 1. The Morgan fingerprint density at radius 2 is 2.00 bits per heavy atom. The molecule has 1 aromatic carbocycles. The van der Waals surface area contributed by atoms with Gasteiger partial charge in [0.2, 0.25) is 0 Å². The van der Waals surface area contributed by atoms with Gasteiger partial charge in [0.05, 0.1) is 12.2 Å². The number of hydrogen-bond acceptors (Lipinski definition) is 4. The quantitative estimate of drug-likeness (QED) is 0.808. The number of rotatable bonds is 7. The zero-order valence-corrected chi connectivity index (χ0v) is 13.0. The van der Waals surface area contributed by atoms with Gasteiger partial charge in [-0.1, -0.05) is 30.3 Å². The fraction of sp³-hybridized carbons (Fsp3) is 0.625. The van der Waals surface area contributed by atoms with E-state index < -0.39 is 5.60 Å². The third-order valence-electron chi connectivity index (χ3n) is 3.84. The summed E-state index contributed by atoms with van der Waals surface area (Å²) < 4.78 is 5.30. The average molecular weight is 295 g/mol. The van der Waals surface area contributed by atoms with E-state index in [1.165, 1.54) is 5.56 Å². The van der Waals surface area contributed by atoms with Crippen LogP contribution in [-0.4, -0.2) is 48.5 Å². The Bertz CT molecular complexity index is 379. The van der Waals surface area contributed by atoms with Gasteiger partial charge in [-0.15, -0.1) is 0 Å². The van der Waals surface area contributed by atoms with E-state index in [9.17, 15) is 5.11 Å². The topological polar surface area (TPSA) is 41.5 Å². The van der Waals surface area contributed by atoms with Crippen LogP contribution in [0.2, 0.25) is 0 Å². The number of hydrogen-bond donors (Lipinski definition) is 2. The summed E-state index contributed by atoms with van der Waals surface area (Å²) in [4.78, 5) is 0. The van der Waals surface area contributed by atoms with Crippen molar-refractivity contribution < 1.29 is 9.84 Å². The second-order valence-electron chi connectivity index (χ2n) is 5.56. The lowest BCUT2D eigenvalue weighted by atomic mass is 9.96. The van der Waals surface area contributed by atoms with Crippen LogP contribution in [0.1, 0.15) is 18.4 Å². The normalized spacial score (nSPS) is 19.7. The molecule has 1 aromatic rings. The number of benzene rings is 1. The summed E-state index contributed by atoms with van der Waals surface area (Å²) in [5, 5.41) is 14.0. The lowest BCUT2D eigenvalue weighted by Gasteiger charge is -2.33. The van der Waals surface area contributed by atoms with Gasteiger partial charge in [-0.25, -0.2) is 0 Å². The highest BCUT2D eigenvalue weighted by Gasteiger charge is 2.29. The maximum absolute atomic E-state index is 10.5. The number of nitrogens with one attached hydrogen (secondary N) is 1. The van der Waals surface area contributed by atoms with E-state index in [-0.39, 0.29) is 6.04 Å². The van der Waals surface area contributed by atoms with E-state index in [0.717, 1.165) is 30.8 Å². The second kappa shape index (κ2) is 8.03. The van der Waals surface area contributed by atoms with Crippen molar-refractivity contribution in [2.45, 2.75) is 30.9 Å². The van der Waals surface area contributed by atoms with Crippen LogP contribution in [0.3, 0.4) is 0 Å². The summed E-state index contributed by atoms with van der Waals surface area (Å²) in [6.07, 6.45) is 2.70. The molecule has 0 amide bonds. The zero-order valence-electron chi connectivity index (χ0n) is 12.2. The molecule has 1 aliphatic rings. The summed E-state index contributed by atoms with van der Waals surface area (Å²) in [5.74, 6) is 2.12. The second-order valence-corrected chi connectivity index (χ2v) is 6.78. The first-order chi connectivity index (χ1) is 9.72. The van der Waals surface area contributed by atoms with Crippen molar-refractivity contribution in [2.24, 2.45) is 0 Å². The Morgan fingerprint density at radius 1 is 1.30 bits per heavy atom. The largest absolute Gasteiger partial charge is 0.389 e. The van der Waals surface area contributed by atoms with Crippen LogP contribution in [-0.2, 0) is 11.2 Å². The first-order valence-corrected chi connectivity index (χ1v) is 8.44. The molecule has 112 valence electrons. The van der Waals surface area contributed by atoms with Gasteiger partial charge < -0.3 is 15.2 Å². The molecule has 0 aliphatic carbocycles. The van der Waals surface area contributed by atoms with Crippen LogP contribution in [0.15, 0.2) is 30.3 Å². The zero-order chi connectivity index (χ0) is 14.3. The summed E-state index contributed by atoms with van der Waals surface area (Å²) in [6, 6.07) is 10.7. The standard InChI is InChI=1S/C16H25NO2S/c1-19-12-15(11-14-5-3-2-4-6-14)17-13-16(18)7-9-20-10-8-16/h2-6,15,17-18H,7-13H2,1H3. The Hall–Kier alpha value is -0.550. The SMILES string of the molecule is COCC(Cc1ccccc1)NCC1(O)CCSCC1. The highest BCUT2D eigenvalue weighted by atomic mass is 32.2. The van der Waals surface area contributed by atoms with Crippen molar-refractivity contribution in [3.8, 4) is 0 Å². The molecule has 0 aromatic heterocycles. The molecule has 1 atom stereocenters. The molecule has 2 rings (SSSR count). The summed E-state index contributed by atoms with van der Waals surface area (Å²) in [6.45, 7) is 1.33. The van der Waals surface area contributed by atoms with Crippen LogP contribution in [0, 0.1) is 0 Å². The predicted octanol–water partition coefficient (Wildman–Crippen LogP) is 2.09. The summed E-state index contributed by atoms with van der Waals surface area (Å²) in [5.41, 5.74) is 0.765. The van der Waals surface area contributed by atoms with Gasteiger partial charge in [0.15, 0.2) is 0 Å². The molecule has 4 heteroatoms. The van der Waals surface area contributed by atoms with Crippen molar-refractivity contribution in [1.29, 1.82) is 0 Å². The fourth-order valence-electron chi connectivity index (χ4n) is 2.55. The Kier molecular flexibility index (Phi) is 6.36. The van der Waals surface area contributed by atoms with Crippen molar-refractivity contribution in [2.75, 3.05) is 31.8 Å². The first-order valence-electron chi connectivity index (χ1n) is 7.28. The van der Waals surface area contributed by atoms with E-state index in [2.05, 4.69) is 29.6 Å². The Morgan fingerprint density at radius 3 is 2.65 bits per heavy atom. The highest BCUT2D eigenvalue weighted by Crippen LogP contribution is 2.26. The Balaban J connectivity index is 1.85. The molecule has 1 saturated heterocycles. The average Bonchev–Trinajstić information content (AvgIpc) is 2.47. The van der Waals surface area contributed by atoms with E-state index in [4.69, 9.17) is 4.74 Å².